The molecule has 1 aromatic carbocycles. The third kappa shape index (κ3) is 4.90. The van der Waals surface area contributed by atoms with Gasteiger partial charge in [0.05, 0.1) is 0 Å². The smallest absolute Gasteiger partial charge is 0.444 e. The Bertz CT molecular complexity index is 665. The number of nitrogens with two attached hydrogens (primary N) is 1. The zero-order valence-electron chi connectivity index (χ0n) is 16.4. The predicted molar refractivity (Wildman–Crippen MR) is 103 cm³/mol. The van der Waals surface area contributed by atoms with E-state index in [0.29, 0.717) is 36.3 Å². The highest BCUT2D eigenvalue weighted by Gasteiger charge is 2.26. The molecule has 4 N–H and O–H groups in total. The first-order valence-electron chi connectivity index (χ1n) is 8.94. The fraction of sp³-hybridized carbons (Fsp3) is 0.611. The number of benzene rings is 1. The van der Waals surface area contributed by atoms with Crippen LogP contribution in [0.5, 0.6) is 0 Å². The van der Waals surface area contributed by atoms with E-state index in [-0.39, 0.29) is 6.09 Å². The van der Waals surface area contributed by atoms with E-state index >= 15 is 0 Å². The Labute approximate surface area is 155 Å². The van der Waals surface area contributed by atoms with Crippen molar-refractivity contribution in [3.8, 4) is 0 Å². The van der Waals surface area contributed by atoms with E-state index in [1.165, 1.54) is 0 Å². The number of carbonyl (C=O) groups is 1. The molecule has 0 aliphatic carbocycles. The van der Waals surface area contributed by atoms with Gasteiger partial charge in [0, 0.05) is 38.4 Å². The molecule has 0 spiro atoms. The fourth-order valence-electron chi connectivity index (χ4n) is 3.10. The van der Waals surface area contributed by atoms with Gasteiger partial charge in [0.1, 0.15) is 5.60 Å². The number of hydrogen-bond donors (Lipinski definition) is 3. The number of hydrogen-bond acceptors (Lipinski definition) is 6. The summed E-state index contributed by atoms with van der Waals surface area (Å²) in [6, 6.07) is 1.81. The molecule has 7 nitrogen and oxygen atoms in total. The van der Waals surface area contributed by atoms with Gasteiger partial charge in [0.2, 0.25) is 0 Å². The monoisotopic (exact) mass is 363 g/mol. The van der Waals surface area contributed by atoms with Crippen molar-refractivity contribution in [3.05, 3.63) is 22.8 Å². The number of anilines is 1. The van der Waals surface area contributed by atoms with Gasteiger partial charge in [-0.1, -0.05) is 6.07 Å². The highest BCUT2D eigenvalue weighted by atomic mass is 16.6. The standard InChI is InChI=1S/C18H30BN3O4/c1-12-14(10-15(19(24)25)13(2)16(12)20)11-21-6-8-22(9-7-21)17(23)26-18(3,4)5/h10,24-25H,6-9,11,20H2,1-5H3. The summed E-state index contributed by atoms with van der Waals surface area (Å²) < 4.78 is 5.42. The van der Waals surface area contributed by atoms with Crippen LogP contribution in [0.3, 0.4) is 0 Å². The maximum Gasteiger partial charge on any atom is 0.488 e. The number of carbonyl (C=O) groups excluding carboxylic acids is 1. The van der Waals surface area contributed by atoms with Crippen LogP contribution in [0.15, 0.2) is 6.07 Å². The summed E-state index contributed by atoms with van der Waals surface area (Å²) in [6.07, 6.45) is -0.279. The van der Waals surface area contributed by atoms with Crippen molar-refractivity contribution in [3.63, 3.8) is 0 Å². The van der Waals surface area contributed by atoms with Gasteiger partial charge >= 0.3 is 13.2 Å². The van der Waals surface area contributed by atoms with Crippen LogP contribution in [-0.4, -0.2) is 64.8 Å². The van der Waals surface area contributed by atoms with Crippen molar-refractivity contribution in [1.82, 2.24) is 9.80 Å². The normalized spacial score (nSPS) is 15.9. The van der Waals surface area contributed by atoms with E-state index in [1.54, 1.807) is 11.8 Å². The molecule has 0 aromatic heterocycles. The average molecular weight is 363 g/mol. The van der Waals surface area contributed by atoms with Crippen molar-refractivity contribution in [2.75, 3.05) is 31.9 Å². The molecule has 1 saturated heterocycles. The molecule has 1 heterocycles. The number of amides is 1. The van der Waals surface area contributed by atoms with Gasteiger partial charge in [0.15, 0.2) is 0 Å². The molecule has 0 saturated carbocycles. The van der Waals surface area contributed by atoms with Crippen molar-refractivity contribution in [2.24, 2.45) is 0 Å². The van der Waals surface area contributed by atoms with Crippen LogP contribution in [0.4, 0.5) is 10.5 Å². The summed E-state index contributed by atoms with van der Waals surface area (Å²) >= 11 is 0. The maximum absolute atomic E-state index is 12.1. The molecule has 1 fully saturated rings. The summed E-state index contributed by atoms with van der Waals surface area (Å²) in [4.78, 5) is 16.1. The van der Waals surface area contributed by atoms with Crippen LogP contribution in [-0.2, 0) is 11.3 Å². The average Bonchev–Trinajstić information content (AvgIpc) is 2.54. The Kier molecular flexibility index (Phi) is 6.21. The first kappa shape index (κ1) is 20.5. The Morgan fingerprint density at radius 1 is 1.19 bits per heavy atom. The van der Waals surface area contributed by atoms with Gasteiger partial charge in [-0.25, -0.2) is 4.79 Å². The van der Waals surface area contributed by atoms with Gasteiger partial charge in [0.25, 0.3) is 0 Å². The summed E-state index contributed by atoms with van der Waals surface area (Å²) in [5.41, 5.74) is 9.32. The summed E-state index contributed by atoms with van der Waals surface area (Å²) in [7, 11) is -1.54. The second kappa shape index (κ2) is 7.86. The molecule has 1 aromatic rings. The SMILES string of the molecule is Cc1c(CN2CCN(C(=O)OC(C)(C)C)CC2)cc(B(O)O)c(C)c1N. The number of rotatable bonds is 3. The second-order valence-electron chi connectivity index (χ2n) is 7.91. The van der Waals surface area contributed by atoms with Gasteiger partial charge in [-0.15, -0.1) is 0 Å². The quantitative estimate of drug-likeness (QED) is 0.538. The van der Waals surface area contributed by atoms with Crippen LogP contribution < -0.4 is 11.2 Å². The number of piperazine rings is 1. The third-order valence-corrected chi connectivity index (χ3v) is 4.75. The van der Waals surface area contributed by atoms with Crippen molar-refractivity contribution >= 4 is 24.4 Å². The van der Waals surface area contributed by atoms with Crippen molar-refractivity contribution < 1.29 is 19.6 Å². The second-order valence-corrected chi connectivity index (χ2v) is 7.91. The zero-order valence-corrected chi connectivity index (χ0v) is 16.4. The van der Waals surface area contributed by atoms with Gasteiger partial charge in [-0.05, 0) is 56.8 Å². The Balaban J connectivity index is 2.03. The topological polar surface area (TPSA) is 99.3 Å². The Hall–Kier alpha value is -1.77. The highest BCUT2D eigenvalue weighted by molar-refractivity contribution is 6.59. The first-order valence-corrected chi connectivity index (χ1v) is 8.94. The van der Waals surface area contributed by atoms with E-state index in [0.717, 1.165) is 24.2 Å². The van der Waals surface area contributed by atoms with Crippen LogP contribution in [0.2, 0.25) is 0 Å². The van der Waals surface area contributed by atoms with Gasteiger partial charge in [-0.3, -0.25) is 4.90 Å². The molecule has 26 heavy (non-hydrogen) atoms. The number of nitrogens with zero attached hydrogens (tertiary/aromatic N) is 2. The van der Waals surface area contributed by atoms with Crippen molar-refractivity contribution in [1.29, 1.82) is 0 Å². The molecule has 1 aliphatic heterocycles. The number of ether oxygens (including phenoxy) is 1. The van der Waals surface area contributed by atoms with E-state index in [1.807, 2.05) is 33.8 Å². The van der Waals surface area contributed by atoms with E-state index in [4.69, 9.17) is 10.5 Å². The minimum atomic E-state index is -1.54. The third-order valence-electron chi connectivity index (χ3n) is 4.75. The summed E-state index contributed by atoms with van der Waals surface area (Å²) in [6.45, 7) is 12.6. The largest absolute Gasteiger partial charge is 0.488 e. The van der Waals surface area contributed by atoms with E-state index in [2.05, 4.69) is 4.90 Å². The lowest BCUT2D eigenvalue weighted by atomic mass is 9.75. The number of nitrogen functional groups attached to an aromatic ring is 1. The minimum Gasteiger partial charge on any atom is -0.444 e. The molecular weight excluding hydrogens is 333 g/mol. The molecule has 0 bridgehead atoms. The van der Waals surface area contributed by atoms with Gasteiger partial charge < -0.3 is 25.4 Å². The molecule has 144 valence electrons. The molecule has 2 rings (SSSR count). The van der Waals surface area contributed by atoms with Crippen molar-refractivity contribution in [2.45, 2.75) is 46.8 Å². The maximum atomic E-state index is 12.1. The summed E-state index contributed by atoms with van der Waals surface area (Å²) in [5, 5.41) is 19.1. The lowest BCUT2D eigenvalue weighted by molar-refractivity contribution is 0.0139. The van der Waals surface area contributed by atoms with Crippen LogP contribution >= 0.6 is 0 Å². The molecular formula is C18H30BN3O4. The van der Waals surface area contributed by atoms with Crippen LogP contribution in [0.1, 0.15) is 37.5 Å². The first-order chi connectivity index (χ1) is 12.0. The molecule has 0 atom stereocenters. The predicted octanol–water partition coefficient (Wildman–Crippen LogP) is 0.618. The minimum absolute atomic E-state index is 0.279. The zero-order chi connectivity index (χ0) is 19.6. The molecule has 0 radical (unpaired) electrons. The lowest BCUT2D eigenvalue weighted by Gasteiger charge is -2.36. The fourth-order valence-corrected chi connectivity index (χ4v) is 3.10. The molecule has 1 amide bonds. The van der Waals surface area contributed by atoms with Crippen LogP contribution in [0, 0.1) is 13.8 Å². The van der Waals surface area contributed by atoms with E-state index in [9.17, 15) is 14.8 Å². The highest BCUT2D eigenvalue weighted by Crippen LogP contribution is 2.21. The Morgan fingerprint density at radius 2 is 1.77 bits per heavy atom. The summed E-state index contributed by atoms with van der Waals surface area (Å²) in [5.74, 6) is 0. The van der Waals surface area contributed by atoms with Gasteiger partial charge in [-0.2, -0.15) is 0 Å². The lowest BCUT2D eigenvalue weighted by Crippen LogP contribution is -2.49. The molecule has 0 unspecified atom stereocenters. The van der Waals surface area contributed by atoms with E-state index < -0.39 is 12.7 Å². The Morgan fingerprint density at radius 3 is 2.27 bits per heavy atom. The van der Waals surface area contributed by atoms with Crippen LogP contribution in [0.25, 0.3) is 0 Å². The molecule has 8 heteroatoms. The molecule has 1 aliphatic rings.